The fourth-order valence-corrected chi connectivity index (χ4v) is 2.50. The van der Waals surface area contributed by atoms with Gasteiger partial charge in [0.15, 0.2) is 5.69 Å². The Morgan fingerprint density at radius 1 is 1.00 bits per heavy atom. The Labute approximate surface area is 159 Å². The van der Waals surface area contributed by atoms with E-state index in [1.165, 1.54) is 41.1 Å². The molecule has 0 atom stereocenters. The minimum atomic E-state index is -0.559. The van der Waals surface area contributed by atoms with Crippen molar-refractivity contribution in [1.29, 1.82) is 0 Å². The van der Waals surface area contributed by atoms with E-state index >= 15 is 0 Å². The minimum Gasteiger partial charge on any atom is -0.324 e. The van der Waals surface area contributed by atoms with E-state index in [2.05, 4.69) is 20.9 Å². The maximum Gasteiger partial charge on any atom is 0.278 e. The smallest absolute Gasteiger partial charge is 0.278 e. The molecule has 0 aliphatic rings. The number of rotatable bonds is 5. The van der Waals surface area contributed by atoms with Crippen molar-refractivity contribution in [3.63, 3.8) is 0 Å². The highest BCUT2D eigenvalue weighted by atomic mass is 19.1. The lowest BCUT2D eigenvalue weighted by Crippen LogP contribution is -2.21. The van der Waals surface area contributed by atoms with Crippen molar-refractivity contribution in [2.45, 2.75) is 20.4 Å². The fourth-order valence-electron chi connectivity index (χ4n) is 2.50. The molecule has 2 N–H and O–H groups in total. The normalized spacial score (nSPS) is 10.6. The summed E-state index contributed by atoms with van der Waals surface area (Å²) in [6.07, 6.45) is 0. The highest BCUT2D eigenvalue weighted by molar-refractivity contribution is 6.04. The molecule has 2 amide bonds. The third-order valence-electron chi connectivity index (χ3n) is 4.07. The zero-order chi connectivity index (χ0) is 20.3. The van der Waals surface area contributed by atoms with Crippen molar-refractivity contribution in [1.82, 2.24) is 15.0 Å². The Kier molecular flexibility index (Phi) is 5.44. The quantitative estimate of drug-likeness (QED) is 0.706. The van der Waals surface area contributed by atoms with Crippen molar-refractivity contribution < 1.29 is 18.4 Å². The van der Waals surface area contributed by atoms with Crippen LogP contribution in [0.5, 0.6) is 0 Å². The molecule has 0 aliphatic heterocycles. The van der Waals surface area contributed by atoms with Gasteiger partial charge in [-0.25, -0.2) is 13.5 Å². The first-order valence-corrected chi connectivity index (χ1v) is 8.36. The number of aromatic nitrogens is 3. The van der Waals surface area contributed by atoms with E-state index in [0.717, 1.165) is 0 Å². The lowest BCUT2D eigenvalue weighted by atomic mass is 10.2. The Morgan fingerprint density at radius 2 is 1.68 bits per heavy atom. The average molecular weight is 385 g/mol. The molecule has 0 unspecified atom stereocenters. The van der Waals surface area contributed by atoms with Gasteiger partial charge in [0, 0.05) is 11.4 Å². The van der Waals surface area contributed by atoms with Crippen molar-refractivity contribution >= 4 is 23.2 Å². The zero-order valence-electron chi connectivity index (χ0n) is 15.2. The number of hydrogen-bond donors (Lipinski definition) is 2. The molecule has 0 saturated carbocycles. The van der Waals surface area contributed by atoms with Gasteiger partial charge in [-0.15, -0.1) is 5.10 Å². The second-order valence-electron chi connectivity index (χ2n) is 6.15. The Hall–Kier alpha value is -3.62. The maximum atomic E-state index is 13.4. The van der Waals surface area contributed by atoms with E-state index in [1.54, 1.807) is 19.9 Å². The summed E-state index contributed by atoms with van der Waals surface area (Å²) in [7, 11) is 0. The van der Waals surface area contributed by atoms with Crippen LogP contribution >= 0.6 is 0 Å². The zero-order valence-corrected chi connectivity index (χ0v) is 15.2. The molecule has 3 aromatic rings. The van der Waals surface area contributed by atoms with Crippen LogP contribution in [0.1, 0.15) is 21.7 Å². The van der Waals surface area contributed by atoms with Crippen LogP contribution in [0.25, 0.3) is 0 Å². The van der Waals surface area contributed by atoms with Crippen LogP contribution in [0.2, 0.25) is 0 Å². The predicted octanol–water partition coefficient (Wildman–Crippen LogP) is 3.06. The molecule has 9 heteroatoms. The van der Waals surface area contributed by atoms with Crippen LogP contribution in [-0.2, 0) is 11.3 Å². The molecule has 0 fully saturated rings. The van der Waals surface area contributed by atoms with Crippen molar-refractivity contribution in [3.8, 4) is 0 Å². The van der Waals surface area contributed by atoms with E-state index in [1.807, 2.05) is 0 Å². The first-order chi connectivity index (χ1) is 13.3. The summed E-state index contributed by atoms with van der Waals surface area (Å²) in [6, 6.07) is 9.38. The molecule has 2 aromatic carbocycles. The second-order valence-corrected chi connectivity index (χ2v) is 6.15. The van der Waals surface area contributed by atoms with Gasteiger partial charge in [-0.2, -0.15) is 0 Å². The molecule has 0 spiro atoms. The van der Waals surface area contributed by atoms with E-state index < -0.39 is 23.4 Å². The van der Waals surface area contributed by atoms with Gasteiger partial charge in [0.2, 0.25) is 5.91 Å². The third-order valence-corrected chi connectivity index (χ3v) is 4.07. The van der Waals surface area contributed by atoms with Crippen molar-refractivity contribution in [2.75, 3.05) is 10.6 Å². The minimum absolute atomic E-state index is 0.0262. The number of amides is 2. The van der Waals surface area contributed by atoms with E-state index in [-0.39, 0.29) is 12.2 Å². The number of nitrogens with one attached hydrogen (secondary N) is 2. The van der Waals surface area contributed by atoms with Crippen molar-refractivity contribution in [3.05, 3.63) is 71.1 Å². The summed E-state index contributed by atoms with van der Waals surface area (Å²) in [5, 5.41) is 12.8. The standard InChI is InChI=1S/C19H17F2N5O2/c1-11-3-4-14(21)9-16(11)23-19(28)18-12(2)26(25-24-18)10-17(27)22-15-7-5-13(20)6-8-15/h3-9H,10H2,1-2H3,(H,22,27)(H,23,28). The molecule has 0 bridgehead atoms. The Bertz CT molecular complexity index is 1030. The lowest BCUT2D eigenvalue weighted by molar-refractivity contribution is -0.117. The largest absolute Gasteiger partial charge is 0.324 e. The number of anilines is 2. The number of halogens is 2. The highest BCUT2D eigenvalue weighted by Crippen LogP contribution is 2.17. The van der Waals surface area contributed by atoms with Crippen LogP contribution in [0.3, 0.4) is 0 Å². The van der Waals surface area contributed by atoms with Crippen LogP contribution in [0.4, 0.5) is 20.2 Å². The molecular formula is C19H17F2N5O2. The average Bonchev–Trinajstić information content (AvgIpc) is 3.00. The molecule has 1 heterocycles. The van der Waals surface area contributed by atoms with Gasteiger partial charge in [-0.3, -0.25) is 9.59 Å². The van der Waals surface area contributed by atoms with Gasteiger partial charge < -0.3 is 10.6 Å². The fraction of sp³-hybridized carbons (Fsp3) is 0.158. The molecule has 3 rings (SSSR count). The molecule has 144 valence electrons. The Morgan fingerprint density at radius 3 is 2.39 bits per heavy atom. The van der Waals surface area contributed by atoms with Gasteiger partial charge in [-0.1, -0.05) is 11.3 Å². The molecule has 0 radical (unpaired) electrons. The topological polar surface area (TPSA) is 88.9 Å². The molecule has 28 heavy (non-hydrogen) atoms. The number of hydrogen-bond acceptors (Lipinski definition) is 4. The molecular weight excluding hydrogens is 368 g/mol. The summed E-state index contributed by atoms with van der Waals surface area (Å²) < 4.78 is 27.6. The number of carbonyl (C=O) groups excluding carboxylic acids is 2. The SMILES string of the molecule is Cc1ccc(F)cc1NC(=O)c1nnn(CC(=O)Nc2ccc(F)cc2)c1C. The lowest BCUT2D eigenvalue weighted by Gasteiger charge is -2.08. The number of carbonyl (C=O) groups is 2. The number of benzene rings is 2. The molecule has 7 nitrogen and oxygen atoms in total. The van der Waals surface area contributed by atoms with E-state index in [4.69, 9.17) is 0 Å². The van der Waals surface area contributed by atoms with Gasteiger partial charge in [-0.05, 0) is 55.8 Å². The monoisotopic (exact) mass is 385 g/mol. The van der Waals surface area contributed by atoms with E-state index in [9.17, 15) is 18.4 Å². The molecule has 0 aliphatic carbocycles. The van der Waals surface area contributed by atoms with Gasteiger partial charge in [0.05, 0.1) is 5.69 Å². The summed E-state index contributed by atoms with van der Waals surface area (Å²) in [5.41, 5.74) is 1.86. The van der Waals surface area contributed by atoms with Crippen LogP contribution in [-0.4, -0.2) is 26.8 Å². The second kappa shape index (κ2) is 7.95. The summed E-state index contributed by atoms with van der Waals surface area (Å²) in [6.45, 7) is 3.15. The number of aryl methyl sites for hydroxylation is 1. The predicted molar refractivity (Wildman–Crippen MR) is 98.9 cm³/mol. The van der Waals surface area contributed by atoms with Crippen LogP contribution < -0.4 is 10.6 Å². The van der Waals surface area contributed by atoms with Gasteiger partial charge in [0.1, 0.15) is 18.2 Å². The first-order valence-electron chi connectivity index (χ1n) is 8.36. The van der Waals surface area contributed by atoms with Crippen LogP contribution in [0, 0.1) is 25.5 Å². The van der Waals surface area contributed by atoms with E-state index in [0.29, 0.717) is 22.6 Å². The number of nitrogens with zero attached hydrogens (tertiary/aromatic N) is 3. The molecule has 0 saturated heterocycles. The molecule has 1 aromatic heterocycles. The summed E-state index contributed by atoms with van der Waals surface area (Å²) >= 11 is 0. The first kappa shape index (κ1) is 19.2. The van der Waals surface area contributed by atoms with Crippen molar-refractivity contribution in [2.24, 2.45) is 0 Å². The summed E-state index contributed by atoms with van der Waals surface area (Å²) in [5.74, 6) is -1.85. The van der Waals surface area contributed by atoms with Gasteiger partial charge >= 0.3 is 0 Å². The highest BCUT2D eigenvalue weighted by Gasteiger charge is 2.19. The summed E-state index contributed by atoms with van der Waals surface area (Å²) in [4.78, 5) is 24.6. The third kappa shape index (κ3) is 4.37. The van der Waals surface area contributed by atoms with Gasteiger partial charge in [0.25, 0.3) is 5.91 Å². The van der Waals surface area contributed by atoms with Crippen LogP contribution in [0.15, 0.2) is 42.5 Å². The maximum absolute atomic E-state index is 13.4. The Balaban J connectivity index is 1.69.